The van der Waals surface area contributed by atoms with Gasteiger partial charge >= 0.3 is 6.18 Å². The van der Waals surface area contributed by atoms with Crippen LogP contribution in [0.25, 0.3) is 0 Å². The molecule has 1 aliphatic carbocycles. The molecule has 2 unspecified atom stereocenters. The Labute approximate surface area is 101 Å². The lowest BCUT2D eigenvalue weighted by molar-refractivity contribution is -0.188. The minimum absolute atomic E-state index is 0.125. The van der Waals surface area contributed by atoms with Gasteiger partial charge in [0.15, 0.2) is 0 Å². The van der Waals surface area contributed by atoms with Gasteiger partial charge in [0.2, 0.25) is 0 Å². The lowest BCUT2D eigenvalue weighted by Gasteiger charge is -2.42. The highest BCUT2D eigenvalue weighted by Gasteiger charge is 2.46. The summed E-state index contributed by atoms with van der Waals surface area (Å²) < 4.78 is 38.3. The molecule has 2 nitrogen and oxygen atoms in total. The maximum atomic E-state index is 12.8. The number of halogens is 3. The van der Waals surface area contributed by atoms with E-state index in [1.165, 1.54) is 0 Å². The molecule has 0 heterocycles. The van der Waals surface area contributed by atoms with E-state index in [0.29, 0.717) is 12.3 Å². The molecule has 0 aliphatic heterocycles. The van der Waals surface area contributed by atoms with E-state index in [0.717, 1.165) is 13.0 Å². The maximum Gasteiger partial charge on any atom is 0.391 e. The molecule has 0 amide bonds. The Hall–Kier alpha value is -0.290. The van der Waals surface area contributed by atoms with E-state index >= 15 is 0 Å². The summed E-state index contributed by atoms with van der Waals surface area (Å²) in [5.74, 6) is -0.774. The Bertz CT molecular complexity index is 240. The number of alkyl halides is 3. The molecule has 0 aromatic carbocycles. The molecule has 2 atom stereocenters. The maximum absolute atomic E-state index is 12.8. The minimum Gasteiger partial charge on any atom is -0.329 e. The molecule has 0 spiro atoms. The van der Waals surface area contributed by atoms with Crippen molar-refractivity contribution in [2.24, 2.45) is 17.6 Å². The second-order valence-corrected chi connectivity index (χ2v) is 5.59. The van der Waals surface area contributed by atoms with E-state index < -0.39 is 17.6 Å². The van der Waals surface area contributed by atoms with Gasteiger partial charge in [-0.05, 0) is 31.7 Å². The summed E-state index contributed by atoms with van der Waals surface area (Å²) in [5, 5.41) is 3.26. The lowest BCUT2D eigenvalue weighted by Crippen LogP contribution is -2.56. The Morgan fingerprint density at radius 3 is 2.53 bits per heavy atom. The van der Waals surface area contributed by atoms with Gasteiger partial charge in [0.05, 0.1) is 5.92 Å². The first-order valence-corrected chi connectivity index (χ1v) is 6.31. The molecule has 0 bridgehead atoms. The first kappa shape index (κ1) is 14.8. The van der Waals surface area contributed by atoms with Crippen molar-refractivity contribution >= 4 is 0 Å². The fourth-order valence-corrected chi connectivity index (χ4v) is 2.48. The number of hydrogen-bond donors (Lipinski definition) is 2. The number of rotatable bonds is 4. The summed E-state index contributed by atoms with van der Waals surface area (Å²) in [6, 6.07) is 0. The first-order chi connectivity index (χ1) is 7.79. The molecule has 0 saturated heterocycles. The third-order valence-corrected chi connectivity index (χ3v) is 3.58. The van der Waals surface area contributed by atoms with Crippen molar-refractivity contribution in [1.29, 1.82) is 0 Å². The van der Waals surface area contributed by atoms with Crippen molar-refractivity contribution < 1.29 is 13.2 Å². The topological polar surface area (TPSA) is 38.0 Å². The summed E-state index contributed by atoms with van der Waals surface area (Å²) >= 11 is 0. The van der Waals surface area contributed by atoms with Gasteiger partial charge in [-0.1, -0.05) is 20.3 Å². The van der Waals surface area contributed by atoms with E-state index in [4.69, 9.17) is 5.73 Å². The highest BCUT2D eigenvalue weighted by molar-refractivity contribution is 4.96. The van der Waals surface area contributed by atoms with E-state index in [9.17, 15) is 13.2 Å². The van der Waals surface area contributed by atoms with Crippen molar-refractivity contribution in [2.75, 3.05) is 13.1 Å². The highest BCUT2D eigenvalue weighted by Crippen LogP contribution is 2.41. The molecule has 5 heteroatoms. The monoisotopic (exact) mass is 252 g/mol. The zero-order chi connectivity index (χ0) is 13.1. The van der Waals surface area contributed by atoms with Gasteiger partial charge in [-0.15, -0.1) is 0 Å². The van der Waals surface area contributed by atoms with Crippen LogP contribution < -0.4 is 11.1 Å². The largest absolute Gasteiger partial charge is 0.391 e. The van der Waals surface area contributed by atoms with Crippen molar-refractivity contribution in [3.8, 4) is 0 Å². The van der Waals surface area contributed by atoms with Crippen LogP contribution in [0.5, 0.6) is 0 Å². The van der Waals surface area contributed by atoms with Gasteiger partial charge in [-0.3, -0.25) is 0 Å². The third kappa shape index (κ3) is 4.14. The predicted molar refractivity (Wildman–Crippen MR) is 62.6 cm³/mol. The van der Waals surface area contributed by atoms with Crippen LogP contribution in [0.3, 0.4) is 0 Å². The molecule has 1 saturated carbocycles. The van der Waals surface area contributed by atoms with Crippen molar-refractivity contribution in [3.63, 3.8) is 0 Å². The van der Waals surface area contributed by atoms with E-state index in [1.54, 1.807) is 0 Å². The molecule has 0 radical (unpaired) electrons. The zero-order valence-electron chi connectivity index (χ0n) is 10.6. The van der Waals surface area contributed by atoms with Crippen molar-refractivity contribution in [3.05, 3.63) is 0 Å². The number of nitrogens with one attached hydrogen (secondary N) is 1. The Morgan fingerprint density at radius 2 is 2.06 bits per heavy atom. The Morgan fingerprint density at radius 1 is 1.41 bits per heavy atom. The molecular weight excluding hydrogens is 229 g/mol. The Kier molecular flexibility index (Phi) is 4.84. The summed E-state index contributed by atoms with van der Waals surface area (Å²) in [6.45, 7) is 5.09. The van der Waals surface area contributed by atoms with Crippen LogP contribution in [-0.2, 0) is 0 Å². The van der Waals surface area contributed by atoms with Crippen LogP contribution in [0.15, 0.2) is 0 Å². The van der Waals surface area contributed by atoms with Crippen molar-refractivity contribution in [1.82, 2.24) is 5.32 Å². The molecule has 3 N–H and O–H groups in total. The standard InChI is InChI=1S/C12H23F3N2/c1-9(2)7-17-11(8-16)5-3-4-10(6-11)12(13,14)15/h9-10,17H,3-8,16H2,1-2H3. The fourth-order valence-electron chi connectivity index (χ4n) is 2.48. The highest BCUT2D eigenvalue weighted by atomic mass is 19.4. The number of nitrogens with two attached hydrogens (primary N) is 1. The van der Waals surface area contributed by atoms with Gasteiger partial charge in [-0.2, -0.15) is 13.2 Å². The van der Waals surface area contributed by atoms with Crippen LogP contribution in [0.1, 0.15) is 39.5 Å². The first-order valence-electron chi connectivity index (χ1n) is 6.31. The zero-order valence-corrected chi connectivity index (χ0v) is 10.6. The predicted octanol–water partition coefficient (Wildman–Crippen LogP) is 2.68. The summed E-state index contributed by atoms with van der Waals surface area (Å²) in [6.07, 6.45) is -2.36. The Balaban J connectivity index is 2.65. The van der Waals surface area contributed by atoms with Gasteiger partial charge in [0.1, 0.15) is 0 Å². The summed E-state index contributed by atoms with van der Waals surface area (Å²) in [4.78, 5) is 0. The second-order valence-electron chi connectivity index (χ2n) is 5.59. The molecule has 102 valence electrons. The smallest absolute Gasteiger partial charge is 0.329 e. The van der Waals surface area contributed by atoms with Crippen LogP contribution in [-0.4, -0.2) is 24.8 Å². The molecule has 1 aliphatic rings. The SMILES string of the molecule is CC(C)CNC1(CN)CCCC(C(F)(F)F)C1. The average molecular weight is 252 g/mol. The van der Waals surface area contributed by atoms with Gasteiger partial charge in [-0.25, -0.2) is 0 Å². The van der Waals surface area contributed by atoms with Gasteiger partial charge in [0, 0.05) is 12.1 Å². The summed E-state index contributed by atoms with van der Waals surface area (Å²) in [5.41, 5.74) is 5.19. The fraction of sp³-hybridized carbons (Fsp3) is 1.00. The van der Waals surface area contributed by atoms with Crippen LogP contribution >= 0.6 is 0 Å². The quantitative estimate of drug-likeness (QED) is 0.807. The number of hydrogen-bond acceptors (Lipinski definition) is 2. The second kappa shape index (κ2) is 5.57. The van der Waals surface area contributed by atoms with Crippen molar-refractivity contribution in [2.45, 2.75) is 51.2 Å². The van der Waals surface area contributed by atoms with Crippen LogP contribution in [0.2, 0.25) is 0 Å². The van der Waals surface area contributed by atoms with Gasteiger partial charge in [0.25, 0.3) is 0 Å². The average Bonchev–Trinajstić information content (AvgIpc) is 2.25. The van der Waals surface area contributed by atoms with Crippen LogP contribution in [0, 0.1) is 11.8 Å². The van der Waals surface area contributed by atoms with E-state index in [1.807, 2.05) is 13.8 Å². The summed E-state index contributed by atoms with van der Waals surface area (Å²) in [7, 11) is 0. The molecule has 0 aromatic heterocycles. The molecule has 17 heavy (non-hydrogen) atoms. The molecular formula is C12H23F3N2. The third-order valence-electron chi connectivity index (χ3n) is 3.58. The van der Waals surface area contributed by atoms with Crippen LogP contribution in [0.4, 0.5) is 13.2 Å². The molecule has 1 rings (SSSR count). The normalized spacial score (nSPS) is 30.9. The minimum atomic E-state index is -4.08. The van der Waals surface area contributed by atoms with Gasteiger partial charge < -0.3 is 11.1 Å². The molecule has 1 fully saturated rings. The van der Waals surface area contributed by atoms with E-state index in [2.05, 4.69) is 5.32 Å². The lowest BCUT2D eigenvalue weighted by atomic mass is 9.75. The molecule has 0 aromatic rings. The van der Waals surface area contributed by atoms with E-state index in [-0.39, 0.29) is 19.4 Å².